The van der Waals surface area contributed by atoms with Crippen LogP contribution in [0.3, 0.4) is 0 Å². The highest BCUT2D eigenvalue weighted by Crippen LogP contribution is 2.40. The number of ether oxygens (including phenoxy) is 1. The average Bonchev–Trinajstić information content (AvgIpc) is 3.61. The first kappa shape index (κ1) is 33.8. The molecule has 2 aliphatic rings. The molecule has 4 amide bonds. The topological polar surface area (TPSA) is 118 Å². The van der Waals surface area contributed by atoms with Crippen LogP contribution in [-0.4, -0.2) is 51.4 Å². The van der Waals surface area contributed by atoms with E-state index in [-0.39, 0.29) is 29.6 Å². The van der Waals surface area contributed by atoms with Crippen molar-refractivity contribution in [1.82, 2.24) is 14.7 Å². The van der Waals surface area contributed by atoms with Gasteiger partial charge in [0, 0.05) is 34.9 Å². The summed E-state index contributed by atoms with van der Waals surface area (Å²) in [5, 5.41) is 13.8. The lowest BCUT2D eigenvalue weighted by Crippen LogP contribution is -2.48. The number of urea groups is 2. The van der Waals surface area contributed by atoms with Gasteiger partial charge in [-0.25, -0.2) is 19.1 Å². The third-order valence-corrected chi connectivity index (χ3v) is 9.42. The van der Waals surface area contributed by atoms with E-state index in [1.165, 1.54) is 5.56 Å². The molecular formula is C39H46N6O4. The van der Waals surface area contributed by atoms with Crippen LogP contribution >= 0.6 is 0 Å². The van der Waals surface area contributed by atoms with Crippen molar-refractivity contribution < 1.29 is 19.1 Å². The molecule has 2 atom stereocenters. The normalized spacial score (nSPS) is 18.6. The number of benzene rings is 3. The van der Waals surface area contributed by atoms with Gasteiger partial charge in [-0.2, -0.15) is 5.10 Å². The number of carbonyl (C=O) groups excluding carboxylic acids is 3. The van der Waals surface area contributed by atoms with Gasteiger partial charge in [-0.3, -0.25) is 5.32 Å². The smallest absolute Gasteiger partial charge is 0.338 e. The Morgan fingerprint density at radius 1 is 0.857 bits per heavy atom. The van der Waals surface area contributed by atoms with Crippen LogP contribution in [0.15, 0.2) is 78.9 Å². The summed E-state index contributed by atoms with van der Waals surface area (Å²) in [5.74, 6) is 0.668. The maximum absolute atomic E-state index is 13.3. The van der Waals surface area contributed by atoms with E-state index < -0.39 is 5.97 Å². The van der Waals surface area contributed by atoms with Crippen LogP contribution in [0, 0.1) is 12.8 Å². The van der Waals surface area contributed by atoms with Gasteiger partial charge < -0.3 is 20.3 Å². The van der Waals surface area contributed by atoms with Crippen LogP contribution in [0.1, 0.15) is 80.6 Å². The number of anilines is 3. The van der Waals surface area contributed by atoms with Gasteiger partial charge in [0.25, 0.3) is 0 Å². The summed E-state index contributed by atoms with van der Waals surface area (Å²) in [6.07, 6.45) is 4.80. The molecule has 2 unspecified atom stereocenters. The summed E-state index contributed by atoms with van der Waals surface area (Å²) in [5.41, 5.74) is 5.65. The molecular weight excluding hydrogens is 616 g/mol. The number of fused-ring (bicyclic) bond motifs is 2. The van der Waals surface area contributed by atoms with E-state index in [0.717, 1.165) is 49.0 Å². The lowest BCUT2D eigenvalue weighted by atomic mass is 9.86. The Kier molecular flexibility index (Phi) is 9.76. The Hall–Kier alpha value is -5.12. The monoisotopic (exact) mass is 662 g/mol. The number of hydrogen-bond donors (Lipinski definition) is 3. The minimum absolute atomic E-state index is 0.114. The first-order valence-electron chi connectivity index (χ1n) is 17.2. The van der Waals surface area contributed by atoms with Gasteiger partial charge in [0.15, 0.2) is 0 Å². The molecule has 49 heavy (non-hydrogen) atoms. The molecule has 0 aliphatic carbocycles. The van der Waals surface area contributed by atoms with Crippen molar-refractivity contribution in [1.29, 1.82) is 0 Å². The van der Waals surface area contributed by atoms with Crippen LogP contribution in [0.25, 0.3) is 5.69 Å². The number of nitrogens with zero attached hydrogens (tertiary/aromatic N) is 3. The maximum Gasteiger partial charge on any atom is 0.338 e. The average molecular weight is 663 g/mol. The van der Waals surface area contributed by atoms with Gasteiger partial charge in [0.2, 0.25) is 0 Å². The van der Waals surface area contributed by atoms with Crippen LogP contribution < -0.4 is 16.0 Å². The second-order valence-corrected chi connectivity index (χ2v) is 14.3. The van der Waals surface area contributed by atoms with Crippen LogP contribution in [0.4, 0.5) is 26.8 Å². The largest absolute Gasteiger partial charge is 0.462 e. The van der Waals surface area contributed by atoms with E-state index in [4.69, 9.17) is 9.84 Å². The number of amides is 4. The minimum Gasteiger partial charge on any atom is -0.462 e. The van der Waals surface area contributed by atoms with Crippen molar-refractivity contribution >= 4 is 35.2 Å². The predicted molar refractivity (Wildman–Crippen MR) is 193 cm³/mol. The van der Waals surface area contributed by atoms with Gasteiger partial charge >= 0.3 is 18.0 Å². The number of carbonyl (C=O) groups is 3. The van der Waals surface area contributed by atoms with Crippen molar-refractivity contribution in [2.24, 2.45) is 5.92 Å². The first-order valence-corrected chi connectivity index (χ1v) is 17.2. The minimum atomic E-state index is -0.400. The second kappa shape index (κ2) is 14.2. The number of piperidine rings is 1. The molecule has 2 fully saturated rings. The van der Waals surface area contributed by atoms with Gasteiger partial charge in [0.1, 0.15) is 5.82 Å². The lowest BCUT2D eigenvalue weighted by Gasteiger charge is -2.39. The summed E-state index contributed by atoms with van der Waals surface area (Å²) < 4.78 is 6.87. The Morgan fingerprint density at radius 3 is 2.20 bits per heavy atom. The summed E-state index contributed by atoms with van der Waals surface area (Å²) in [7, 11) is 0. The zero-order valence-corrected chi connectivity index (χ0v) is 29.0. The highest BCUT2D eigenvalue weighted by molar-refractivity contribution is 5.99. The fourth-order valence-electron chi connectivity index (χ4n) is 6.97. The highest BCUT2D eigenvalue weighted by Gasteiger charge is 2.43. The lowest BCUT2D eigenvalue weighted by molar-refractivity contribution is 0.0526. The fourth-order valence-corrected chi connectivity index (χ4v) is 6.97. The number of aryl methyl sites for hydroxylation is 1. The standard InChI is InChI=1S/C39H46N6O4/c1-6-49-36(46)28-8-7-9-30(23-28)41-38(48)44-32-18-19-33(44)22-27(21-32)20-26-12-14-29(15-13-26)40-37(47)42-35-24-34(39(3,4)5)43-45(35)31-16-10-25(2)11-17-31/h7-17,23-24,27,32-33H,6,18-22H2,1-5H3,(H,41,48)(H2,40,42,47). The number of hydrogen-bond acceptors (Lipinski definition) is 5. The second-order valence-electron chi connectivity index (χ2n) is 14.3. The predicted octanol–water partition coefficient (Wildman–Crippen LogP) is 8.32. The quantitative estimate of drug-likeness (QED) is 0.164. The Labute approximate surface area is 288 Å². The number of rotatable bonds is 8. The summed E-state index contributed by atoms with van der Waals surface area (Å²) >= 11 is 0. The Morgan fingerprint density at radius 2 is 1.55 bits per heavy atom. The SMILES string of the molecule is CCOC(=O)c1cccc(NC(=O)N2C3CCC2CC(Cc2ccc(NC(=O)Nc4cc(C(C)(C)C)nn4-c4ccc(C)cc4)cc2)C3)c1. The molecule has 0 radical (unpaired) electrons. The molecule has 3 heterocycles. The fraction of sp³-hybridized carbons (Fsp3) is 0.385. The highest BCUT2D eigenvalue weighted by atomic mass is 16.5. The van der Waals surface area contributed by atoms with E-state index in [0.29, 0.717) is 35.3 Å². The Bertz CT molecular complexity index is 1790. The van der Waals surface area contributed by atoms with Crippen molar-refractivity contribution in [3.05, 3.63) is 101 Å². The third-order valence-electron chi connectivity index (χ3n) is 9.42. The van der Waals surface area contributed by atoms with Gasteiger partial charge in [-0.05, 0) is 99.9 Å². The van der Waals surface area contributed by atoms with Crippen molar-refractivity contribution in [2.75, 3.05) is 22.6 Å². The van der Waals surface area contributed by atoms with Crippen LogP contribution in [-0.2, 0) is 16.6 Å². The third kappa shape index (κ3) is 7.96. The van der Waals surface area contributed by atoms with E-state index in [1.54, 1.807) is 35.9 Å². The number of esters is 1. The summed E-state index contributed by atoms with van der Waals surface area (Å²) in [4.78, 5) is 40.6. The van der Waals surface area contributed by atoms with Crippen LogP contribution in [0.2, 0.25) is 0 Å². The van der Waals surface area contributed by atoms with Gasteiger partial charge in [-0.1, -0.05) is 56.7 Å². The molecule has 10 nitrogen and oxygen atoms in total. The molecule has 1 aromatic heterocycles. The molecule has 3 N–H and O–H groups in total. The Balaban J connectivity index is 1.04. The van der Waals surface area contributed by atoms with E-state index in [1.807, 2.05) is 54.3 Å². The van der Waals surface area contributed by atoms with Crippen molar-refractivity contribution in [3.63, 3.8) is 0 Å². The van der Waals surface area contributed by atoms with Crippen LogP contribution in [0.5, 0.6) is 0 Å². The van der Waals surface area contributed by atoms with Gasteiger partial charge in [0.05, 0.1) is 23.6 Å². The molecule has 2 bridgehead atoms. The van der Waals surface area contributed by atoms with E-state index in [9.17, 15) is 14.4 Å². The van der Waals surface area contributed by atoms with Crippen molar-refractivity contribution in [3.8, 4) is 5.69 Å². The summed E-state index contributed by atoms with van der Waals surface area (Å²) in [6.45, 7) is 10.4. The molecule has 256 valence electrons. The molecule has 2 aliphatic heterocycles. The molecule has 10 heteroatoms. The molecule has 4 aromatic rings. The maximum atomic E-state index is 13.3. The number of nitrogens with one attached hydrogen (secondary N) is 3. The van der Waals surface area contributed by atoms with Crippen molar-refractivity contribution in [2.45, 2.75) is 84.2 Å². The van der Waals surface area contributed by atoms with Gasteiger partial charge in [-0.15, -0.1) is 0 Å². The van der Waals surface area contributed by atoms with E-state index >= 15 is 0 Å². The molecule has 0 saturated carbocycles. The molecule has 2 saturated heterocycles. The zero-order valence-electron chi connectivity index (χ0n) is 29.0. The van der Waals surface area contributed by atoms with E-state index in [2.05, 4.69) is 48.9 Å². The molecule has 6 rings (SSSR count). The number of aromatic nitrogens is 2. The molecule has 0 spiro atoms. The zero-order chi connectivity index (χ0) is 34.7. The first-order chi connectivity index (χ1) is 23.5. The molecule has 3 aromatic carbocycles. The summed E-state index contributed by atoms with van der Waals surface area (Å²) in [6, 6.07) is 24.8.